The molecule has 1 N–H and O–H groups in total. The van der Waals surface area contributed by atoms with Gasteiger partial charge in [-0.15, -0.1) is 0 Å². The number of hydrogen-bond donors (Lipinski definition) is 1. The smallest absolute Gasteiger partial charge is 0.233 e. The topological polar surface area (TPSA) is 49.9 Å². The van der Waals surface area contributed by atoms with Crippen molar-refractivity contribution in [3.63, 3.8) is 0 Å². The minimum absolute atomic E-state index is 0.434. The number of H-pyrrole nitrogens is 1. The Bertz CT molecular complexity index is 1500. The summed E-state index contributed by atoms with van der Waals surface area (Å²) < 4.78 is 0. The zero-order valence-electron chi connectivity index (χ0n) is 14.2. The van der Waals surface area contributed by atoms with Crippen molar-refractivity contribution in [3.05, 3.63) is 78.0 Å². The van der Waals surface area contributed by atoms with Gasteiger partial charge in [0.05, 0.1) is 5.52 Å². The third kappa shape index (κ3) is 1.75. The molecule has 0 aliphatic heterocycles. The van der Waals surface area contributed by atoms with E-state index in [2.05, 4.69) is 29.2 Å². The fourth-order valence-electron chi connectivity index (χ4n) is 4.43. The molecule has 6 rings (SSSR count). The highest BCUT2D eigenvalue weighted by Crippen LogP contribution is 2.41. The highest BCUT2D eigenvalue weighted by atomic mass is 16.2. The second kappa shape index (κ2) is 4.92. The molecule has 1 aliphatic carbocycles. The minimum atomic E-state index is -0.460. The molecule has 0 spiro atoms. The van der Waals surface area contributed by atoms with Crippen molar-refractivity contribution in [3.8, 4) is 0 Å². The van der Waals surface area contributed by atoms with E-state index in [1.54, 1.807) is 12.1 Å². The number of Topliss-reactive ketones (excluding diaryl/α,β-unsaturated/α-hetero) is 1. The first kappa shape index (κ1) is 14.4. The standard InChI is InChI=1S/C24H13NO2/c26-20-10-9-15-16(24(20)27)7-8-17-21-14-4-2-1-3-13(14)5-6-18(21)23-19(22(15)17)11-12-25-23/h1-12,25H. The first-order valence-electron chi connectivity index (χ1n) is 8.88. The van der Waals surface area contributed by atoms with E-state index >= 15 is 0 Å². The number of nitrogens with one attached hydrogen (secondary N) is 1. The summed E-state index contributed by atoms with van der Waals surface area (Å²) in [6.45, 7) is 0. The van der Waals surface area contributed by atoms with Crippen LogP contribution in [0.2, 0.25) is 0 Å². The Morgan fingerprint density at radius 1 is 0.667 bits per heavy atom. The van der Waals surface area contributed by atoms with Crippen molar-refractivity contribution in [2.75, 3.05) is 0 Å². The highest BCUT2D eigenvalue weighted by Gasteiger charge is 2.24. The van der Waals surface area contributed by atoms with E-state index in [4.69, 9.17) is 0 Å². The molecule has 3 nitrogen and oxygen atoms in total. The van der Waals surface area contributed by atoms with E-state index in [9.17, 15) is 9.59 Å². The van der Waals surface area contributed by atoms with Gasteiger partial charge in [-0.05, 0) is 56.8 Å². The summed E-state index contributed by atoms with van der Waals surface area (Å²) in [6, 6.07) is 18.5. The lowest BCUT2D eigenvalue weighted by Gasteiger charge is -2.16. The molecule has 0 amide bonds. The summed E-state index contributed by atoms with van der Waals surface area (Å²) in [7, 11) is 0. The molecular weight excluding hydrogens is 334 g/mol. The Labute approximate surface area is 153 Å². The molecule has 0 radical (unpaired) electrons. The number of ketones is 2. The fourth-order valence-corrected chi connectivity index (χ4v) is 4.43. The summed E-state index contributed by atoms with van der Waals surface area (Å²) in [5.74, 6) is -0.894. The molecule has 0 fully saturated rings. The SMILES string of the molecule is O=C1C=Cc2c(ccc3c2c2cc[nH]c2c2ccc4ccccc4c23)C1=O. The van der Waals surface area contributed by atoms with Crippen LogP contribution in [0.1, 0.15) is 15.9 Å². The molecule has 0 atom stereocenters. The number of carbonyl (C=O) groups is 2. The van der Waals surface area contributed by atoms with E-state index in [0.29, 0.717) is 5.56 Å². The summed E-state index contributed by atoms with van der Waals surface area (Å²) in [5.41, 5.74) is 2.36. The molecule has 3 heteroatoms. The van der Waals surface area contributed by atoms with Gasteiger partial charge in [-0.25, -0.2) is 0 Å². The lowest BCUT2D eigenvalue weighted by atomic mass is 9.86. The predicted octanol–water partition coefficient (Wildman–Crippen LogP) is 5.41. The molecule has 0 bridgehead atoms. The summed E-state index contributed by atoms with van der Waals surface area (Å²) >= 11 is 0. The second-order valence-electron chi connectivity index (χ2n) is 6.95. The van der Waals surface area contributed by atoms with Gasteiger partial charge < -0.3 is 4.98 Å². The maximum Gasteiger partial charge on any atom is 0.233 e. The van der Waals surface area contributed by atoms with Crippen molar-refractivity contribution in [2.45, 2.75) is 0 Å². The van der Waals surface area contributed by atoms with Crippen LogP contribution in [0.25, 0.3) is 49.3 Å². The monoisotopic (exact) mass is 347 g/mol. The van der Waals surface area contributed by atoms with E-state index in [-0.39, 0.29) is 0 Å². The Hall–Kier alpha value is -3.72. The van der Waals surface area contributed by atoms with E-state index in [1.807, 2.05) is 30.5 Å². The number of benzene rings is 4. The van der Waals surface area contributed by atoms with Gasteiger partial charge in [0.2, 0.25) is 11.6 Å². The number of aromatic amines is 1. The highest BCUT2D eigenvalue weighted by molar-refractivity contribution is 6.51. The van der Waals surface area contributed by atoms with Crippen LogP contribution in [-0.4, -0.2) is 16.6 Å². The van der Waals surface area contributed by atoms with Gasteiger partial charge in [0.15, 0.2) is 0 Å². The maximum atomic E-state index is 12.4. The van der Waals surface area contributed by atoms with Gasteiger partial charge in [0, 0.05) is 22.5 Å². The van der Waals surface area contributed by atoms with Crippen molar-refractivity contribution < 1.29 is 9.59 Å². The van der Waals surface area contributed by atoms with Crippen LogP contribution in [0.15, 0.2) is 66.9 Å². The molecule has 126 valence electrons. The number of aromatic nitrogens is 1. The quantitative estimate of drug-likeness (QED) is 0.301. The van der Waals surface area contributed by atoms with Crippen LogP contribution in [0, 0.1) is 0 Å². The Balaban J connectivity index is 1.97. The zero-order valence-corrected chi connectivity index (χ0v) is 14.2. The third-order valence-electron chi connectivity index (χ3n) is 5.60. The molecule has 0 unspecified atom stereocenters. The average Bonchev–Trinajstić information content (AvgIpc) is 3.19. The van der Waals surface area contributed by atoms with Crippen molar-refractivity contribution in [2.24, 2.45) is 0 Å². The lowest BCUT2D eigenvalue weighted by Crippen LogP contribution is -2.16. The molecule has 1 heterocycles. The summed E-state index contributed by atoms with van der Waals surface area (Å²) in [4.78, 5) is 27.6. The Morgan fingerprint density at radius 2 is 1.48 bits per heavy atom. The van der Waals surface area contributed by atoms with Crippen LogP contribution in [-0.2, 0) is 4.79 Å². The lowest BCUT2D eigenvalue weighted by molar-refractivity contribution is -0.110. The van der Waals surface area contributed by atoms with Gasteiger partial charge in [0.25, 0.3) is 0 Å². The second-order valence-corrected chi connectivity index (χ2v) is 6.95. The molecule has 1 aliphatic rings. The molecular formula is C24H13NO2. The van der Waals surface area contributed by atoms with Gasteiger partial charge in [-0.3, -0.25) is 9.59 Å². The molecule has 0 saturated carbocycles. The molecule has 1 aromatic heterocycles. The van der Waals surface area contributed by atoms with Gasteiger partial charge in [0.1, 0.15) is 0 Å². The average molecular weight is 347 g/mol. The zero-order chi connectivity index (χ0) is 18.1. The fraction of sp³-hybridized carbons (Fsp3) is 0. The first-order valence-corrected chi connectivity index (χ1v) is 8.88. The normalized spacial score (nSPS) is 13.9. The Kier molecular flexibility index (Phi) is 2.63. The summed E-state index contributed by atoms with van der Waals surface area (Å²) in [5, 5.41) is 7.86. The van der Waals surface area contributed by atoms with E-state index in [0.717, 1.165) is 32.6 Å². The molecule has 5 aromatic rings. The predicted molar refractivity (Wildman–Crippen MR) is 109 cm³/mol. The van der Waals surface area contributed by atoms with Gasteiger partial charge in [-0.1, -0.05) is 42.5 Å². The summed E-state index contributed by atoms with van der Waals surface area (Å²) in [6.07, 6.45) is 5.10. The molecule has 27 heavy (non-hydrogen) atoms. The van der Waals surface area contributed by atoms with E-state index in [1.165, 1.54) is 22.2 Å². The number of rotatable bonds is 0. The number of carbonyl (C=O) groups excluding carboxylic acids is 2. The largest absolute Gasteiger partial charge is 0.361 e. The van der Waals surface area contributed by atoms with Crippen LogP contribution < -0.4 is 0 Å². The third-order valence-corrected chi connectivity index (χ3v) is 5.60. The number of allylic oxidation sites excluding steroid dienone is 1. The first-order chi connectivity index (χ1) is 13.2. The number of hydrogen-bond acceptors (Lipinski definition) is 2. The van der Waals surface area contributed by atoms with Gasteiger partial charge in [-0.2, -0.15) is 0 Å². The van der Waals surface area contributed by atoms with Crippen LogP contribution in [0.5, 0.6) is 0 Å². The van der Waals surface area contributed by atoms with Crippen LogP contribution in [0.3, 0.4) is 0 Å². The maximum absolute atomic E-state index is 12.4. The van der Waals surface area contributed by atoms with Crippen molar-refractivity contribution in [1.29, 1.82) is 0 Å². The molecule has 4 aromatic carbocycles. The minimum Gasteiger partial charge on any atom is -0.361 e. The Morgan fingerprint density at radius 3 is 2.41 bits per heavy atom. The number of fused-ring (bicyclic) bond motifs is 10. The van der Waals surface area contributed by atoms with Crippen LogP contribution >= 0.6 is 0 Å². The van der Waals surface area contributed by atoms with E-state index < -0.39 is 11.6 Å². The molecule has 0 saturated heterocycles. The van der Waals surface area contributed by atoms with Gasteiger partial charge >= 0.3 is 0 Å². The van der Waals surface area contributed by atoms with Crippen molar-refractivity contribution >= 4 is 60.9 Å². The van der Waals surface area contributed by atoms with Crippen molar-refractivity contribution in [1.82, 2.24) is 4.98 Å². The van der Waals surface area contributed by atoms with Crippen LogP contribution in [0.4, 0.5) is 0 Å².